The van der Waals surface area contributed by atoms with Crippen molar-refractivity contribution >= 4 is 40.9 Å². The number of ether oxygens (including phenoxy) is 1. The largest absolute Gasteiger partial charge is 0.497 e. The first-order valence-electron chi connectivity index (χ1n) is 8.18. The van der Waals surface area contributed by atoms with Crippen molar-refractivity contribution in [3.05, 3.63) is 79.2 Å². The smallest absolute Gasteiger partial charge is 0.306 e. The molecule has 134 valence electrons. The average molecular weight is 377 g/mol. The molecule has 0 radical (unpaired) electrons. The molecule has 4 rings (SSSR count). The molecule has 0 saturated heterocycles. The molecule has 2 heterocycles. The lowest BCUT2D eigenvalue weighted by Crippen LogP contribution is -2.30. The van der Waals surface area contributed by atoms with Gasteiger partial charge in [-0.1, -0.05) is 29.5 Å². The predicted octanol–water partition coefficient (Wildman–Crippen LogP) is 2.21. The van der Waals surface area contributed by atoms with Crippen molar-refractivity contribution in [3.63, 3.8) is 0 Å². The fraction of sp³-hybridized carbons (Fsp3) is 0.0500. The van der Waals surface area contributed by atoms with Crippen molar-refractivity contribution < 1.29 is 9.53 Å². The van der Waals surface area contributed by atoms with Gasteiger partial charge in [0.2, 0.25) is 0 Å². The van der Waals surface area contributed by atoms with E-state index in [1.165, 1.54) is 0 Å². The van der Waals surface area contributed by atoms with Crippen LogP contribution in [-0.4, -0.2) is 18.0 Å². The maximum absolute atomic E-state index is 12.4. The number of anilines is 2. The predicted molar refractivity (Wildman–Crippen MR) is 106 cm³/mol. The molecule has 0 aliphatic carbocycles. The average Bonchev–Trinajstić information content (AvgIpc) is 3.01. The summed E-state index contributed by atoms with van der Waals surface area (Å²) in [5.41, 5.74) is 1.26. The van der Waals surface area contributed by atoms with Crippen LogP contribution in [0.3, 0.4) is 0 Å². The topological polar surface area (TPSA) is 83.5 Å². The normalized spacial score (nSPS) is 14.3. The number of aromatic amines is 1. The summed E-state index contributed by atoms with van der Waals surface area (Å²) >= 11 is 1.03. The quantitative estimate of drug-likeness (QED) is 0.683. The van der Waals surface area contributed by atoms with E-state index in [1.807, 2.05) is 42.5 Å². The standard InChI is InChI=1S/C20H15N3O3S/c1-26-15-8-7-12-9-13(19(24)22-16(12)11-15)10-17-18(23-20(25)27-17)21-14-5-3-2-4-6-14/h2-11,21H,1H3,(H,23,25). The van der Waals surface area contributed by atoms with E-state index < -0.39 is 0 Å². The minimum Gasteiger partial charge on any atom is -0.497 e. The first-order chi connectivity index (χ1) is 13.1. The summed E-state index contributed by atoms with van der Waals surface area (Å²) in [7, 11) is 1.57. The Balaban J connectivity index is 1.74. The molecule has 2 N–H and O–H groups in total. The minimum absolute atomic E-state index is 0.203. The third kappa shape index (κ3) is 3.58. The van der Waals surface area contributed by atoms with Gasteiger partial charge in [-0.25, -0.2) is 4.99 Å². The van der Waals surface area contributed by atoms with E-state index in [1.54, 1.807) is 25.3 Å². The van der Waals surface area contributed by atoms with Gasteiger partial charge in [0.15, 0.2) is 0 Å². The Morgan fingerprint density at radius 2 is 1.96 bits per heavy atom. The number of methoxy groups -OCH3 is 1. The highest BCUT2D eigenvalue weighted by Gasteiger charge is 2.14. The summed E-state index contributed by atoms with van der Waals surface area (Å²) in [5, 5.41) is 4.56. The number of aromatic nitrogens is 1. The molecule has 6 nitrogen and oxygen atoms in total. The number of H-pyrrole nitrogens is 1. The molecule has 1 aliphatic heterocycles. The zero-order chi connectivity index (χ0) is 18.8. The van der Waals surface area contributed by atoms with Crippen molar-refractivity contribution in [1.82, 2.24) is 4.98 Å². The summed E-state index contributed by atoms with van der Waals surface area (Å²) in [6, 6.07) is 14.9. The van der Waals surface area contributed by atoms with Crippen molar-refractivity contribution in [2.45, 2.75) is 0 Å². The third-order valence-corrected chi connectivity index (χ3v) is 4.85. The lowest BCUT2D eigenvalue weighted by molar-refractivity contribution is -0.114. The maximum Gasteiger partial charge on any atom is 0.306 e. The molecule has 27 heavy (non-hydrogen) atoms. The Labute approximate surface area is 158 Å². The second-order valence-corrected chi connectivity index (χ2v) is 6.85. The minimum atomic E-state index is -0.359. The number of rotatable bonds is 4. The van der Waals surface area contributed by atoms with E-state index >= 15 is 0 Å². The number of carbonyl (C=O) groups is 1. The van der Waals surface area contributed by atoms with Crippen molar-refractivity contribution in [1.29, 1.82) is 0 Å². The van der Waals surface area contributed by atoms with Gasteiger partial charge in [-0.2, -0.15) is 0 Å². The molecular formula is C20H15N3O3S. The Morgan fingerprint density at radius 3 is 2.74 bits per heavy atom. The van der Waals surface area contributed by atoms with Gasteiger partial charge in [0.25, 0.3) is 5.91 Å². The number of nitrogens with zero attached hydrogens (tertiary/aromatic N) is 1. The number of hydrogen-bond donors (Lipinski definition) is 2. The Morgan fingerprint density at radius 1 is 1.15 bits per heavy atom. The van der Waals surface area contributed by atoms with Crippen LogP contribution in [0.4, 0.5) is 11.5 Å². The van der Waals surface area contributed by atoms with E-state index in [9.17, 15) is 9.59 Å². The van der Waals surface area contributed by atoms with Crippen LogP contribution in [0.15, 0.2) is 63.9 Å². The van der Waals surface area contributed by atoms with E-state index in [2.05, 4.69) is 15.3 Å². The lowest BCUT2D eigenvalue weighted by atomic mass is 10.1. The van der Waals surface area contributed by atoms with Gasteiger partial charge in [0.05, 0.1) is 17.3 Å². The van der Waals surface area contributed by atoms with Crippen LogP contribution in [0, 0.1) is 0 Å². The summed E-state index contributed by atoms with van der Waals surface area (Å²) in [4.78, 5) is 31.6. The summed E-state index contributed by atoms with van der Waals surface area (Å²) in [6.45, 7) is 0. The first-order valence-corrected chi connectivity index (χ1v) is 9.00. The van der Waals surface area contributed by atoms with Crippen LogP contribution in [-0.2, 0) is 4.79 Å². The van der Waals surface area contributed by atoms with Crippen molar-refractivity contribution in [2.75, 3.05) is 12.4 Å². The van der Waals surface area contributed by atoms with E-state index in [4.69, 9.17) is 4.74 Å². The fourth-order valence-electron chi connectivity index (χ4n) is 2.72. The lowest BCUT2D eigenvalue weighted by Gasteiger charge is -2.07. The van der Waals surface area contributed by atoms with Crippen LogP contribution < -0.4 is 25.5 Å². The molecular weight excluding hydrogens is 362 g/mol. The van der Waals surface area contributed by atoms with Gasteiger partial charge in [0, 0.05) is 22.5 Å². The molecule has 1 aromatic heterocycles. The van der Waals surface area contributed by atoms with Crippen LogP contribution >= 0.6 is 11.3 Å². The number of benzene rings is 2. The SMILES string of the molecule is COc1ccc2c(c1)=NC(=O)C(=Cc1sc(=O)[nH]c1Nc1ccccc1)C=2. The molecule has 2 aromatic carbocycles. The number of hydrogen-bond acceptors (Lipinski definition) is 5. The highest BCUT2D eigenvalue weighted by atomic mass is 32.1. The fourth-order valence-corrected chi connectivity index (χ4v) is 3.46. The highest BCUT2D eigenvalue weighted by Crippen LogP contribution is 2.24. The summed E-state index contributed by atoms with van der Waals surface area (Å²) < 4.78 is 5.17. The molecule has 0 atom stereocenters. The van der Waals surface area contributed by atoms with Crippen molar-refractivity contribution in [3.8, 4) is 5.75 Å². The molecule has 3 aromatic rings. The number of amides is 1. The molecule has 0 saturated carbocycles. The second-order valence-electron chi connectivity index (χ2n) is 5.83. The van der Waals surface area contributed by atoms with Gasteiger partial charge < -0.3 is 10.1 Å². The first kappa shape index (κ1) is 17.0. The Hall–Kier alpha value is -3.45. The molecule has 0 fully saturated rings. The van der Waals surface area contributed by atoms with E-state index in [-0.39, 0.29) is 10.8 Å². The molecule has 0 bridgehead atoms. The monoisotopic (exact) mass is 377 g/mol. The zero-order valence-electron chi connectivity index (χ0n) is 14.4. The number of fused-ring (bicyclic) bond motifs is 1. The van der Waals surface area contributed by atoms with E-state index in [0.29, 0.717) is 27.4 Å². The Kier molecular flexibility index (Phi) is 4.43. The Bertz CT molecular complexity index is 1220. The number of carbonyl (C=O) groups excluding carboxylic acids is 1. The number of para-hydroxylation sites is 1. The second kappa shape index (κ2) is 7.05. The van der Waals surface area contributed by atoms with Crippen LogP contribution in [0.2, 0.25) is 0 Å². The van der Waals surface area contributed by atoms with Gasteiger partial charge >= 0.3 is 4.87 Å². The molecule has 7 heteroatoms. The van der Waals surface area contributed by atoms with Gasteiger partial charge in [-0.05, 0) is 36.4 Å². The van der Waals surface area contributed by atoms with Crippen LogP contribution in [0.5, 0.6) is 5.75 Å². The van der Waals surface area contributed by atoms with Gasteiger partial charge in [0.1, 0.15) is 11.6 Å². The summed E-state index contributed by atoms with van der Waals surface area (Å²) in [5.74, 6) is 0.831. The molecule has 1 aliphatic rings. The van der Waals surface area contributed by atoms with Gasteiger partial charge in [-0.3, -0.25) is 14.6 Å². The third-order valence-electron chi connectivity index (χ3n) is 4.02. The van der Waals surface area contributed by atoms with Crippen molar-refractivity contribution in [2.24, 2.45) is 4.99 Å². The van der Waals surface area contributed by atoms with Crippen LogP contribution in [0.1, 0.15) is 4.88 Å². The zero-order valence-corrected chi connectivity index (χ0v) is 15.2. The summed E-state index contributed by atoms with van der Waals surface area (Å²) in [6.07, 6.45) is 3.44. The number of thiazole rings is 1. The molecule has 1 amide bonds. The van der Waals surface area contributed by atoms with Gasteiger partial charge in [-0.15, -0.1) is 0 Å². The molecule has 0 unspecified atom stereocenters. The van der Waals surface area contributed by atoms with Crippen LogP contribution in [0.25, 0.3) is 12.2 Å². The molecule has 0 spiro atoms. The number of nitrogens with one attached hydrogen (secondary N) is 2. The highest BCUT2D eigenvalue weighted by molar-refractivity contribution is 7.10. The van der Waals surface area contributed by atoms with E-state index in [0.717, 1.165) is 22.2 Å². The maximum atomic E-state index is 12.4.